The Morgan fingerprint density at radius 2 is 0.966 bits per heavy atom. The molecular weight excluding hydrogens is 709 g/mol. The second-order valence-electron chi connectivity index (χ2n) is 15.1. The van der Waals surface area contributed by atoms with E-state index >= 15 is 0 Å². The smallest absolute Gasteiger partial charge is 0.238 e. The average molecular weight is 739 g/mol. The predicted octanol–water partition coefficient (Wildman–Crippen LogP) is 14.0. The van der Waals surface area contributed by atoms with E-state index in [9.17, 15) is 0 Å². The molecule has 10 aromatic carbocycles. The molecule has 13 rings (SSSR count). The molecule has 0 unspecified atom stereocenters. The summed E-state index contributed by atoms with van der Waals surface area (Å²) in [4.78, 5) is 16.2. The van der Waals surface area contributed by atoms with Gasteiger partial charge in [-0.25, -0.2) is 4.98 Å². The van der Waals surface area contributed by atoms with Gasteiger partial charge < -0.3 is 4.42 Å². The maximum atomic E-state index is 6.66. The minimum absolute atomic E-state index is 0.556. The summed E-state index contributed by atoms with van der Waals surface area (Å²) in [6, 6.07) is 64.4. The van der Waals surface area contributed by atoms with Gasteiger partial charge in [0.25, 0.3) is 0 Å². The van der Waals surface area contributed by atoms with Gasteiger partial charge in [-0.1, -0.05) is 158 Å². The topological polar surface area (TPSA) is 56.7 Å². The maximum Gasteiger partial charge on any atom is 0.238 e. The number of fused-ring (bicyclic) bond motifs is 15. The maximum absolute atomic E-state index is 6.66. The molecule has 0 fully saturated rings. The van der Waals surface area contributed by atoms with Gasteiger partial charge in [-0.3, -0.25) is 4.57 Å². The normalized spacial score (nSPS) is 12.1. The van der Waals surface area contributed by atoms with Crippen molar-refractivity contribution in [1.82, 2.24) is 19.5 Å². The molecular formula is C53H30N4O. The van der Waals surface area contributed by atoms with Crippen LogP contribution in [0.4, 0.5) is 0 Å². The van der Waals surface area contributed by atoms with Crippen LogP contribution >= 0.6 is 0 Å². The van der Waals surface area contributed by atoms with Gasteiger partial charge in [0, 0.05) is 43.4 Å². The third-order valence-corrected chi connectivity index (χ3v) is 12.0. The monoisotopic (exact) mass is 738 g/mol. The molecule has 0 amide bonds. The Morgan fingerprint density at radius 1 is 0.379 bits per heavy atom. The van der Waals surface area contributed by atoms with Crippen LogP contribution in [0.25, 0.3) is 126 Å². The van der Waals surface area contributed by atoms with Crippen molar-refractivity contribution >= 4 is 97.6 Å². The van der Waals surface area contributed by atoms with Gasteiger partial charge in [0.15, 0.2) is 11.6 Å². The number of hydrogen-bond donors (Lipinski definition) is 0. The third kappa shape index (κ3) is 4.44. The molecule has 13 aromatic rings. The third-order valence-electron chi connectivity index (χ3n) is 12.0. The fourth-order valence-electron chi connectivity index (χ4n) is 9.36. The first-order valence-electron chi connectivity index (χ1n) is 19.6. The minimum Gasteiger partial charge on any atom is -0.455 e. The summed E-state index contributed by atoms with van der Waals surface area (Å²) in [7, 11) is 0. The van der Waals surface area contributed by atoms with Gasteiger partial charge in [-0.2, -0.15) is 9.97 Å². The van der Waals surface area contributed by atoms with Crippen molar-refractivity contribution in [3.05, 3.63) is 182 Å². The van der Waals surface area contributed by atoms with Crippen molar-refractivity contribution in [3.8, 4) is 28.7 Å². The molecule has 0 N–H and O–H groups in total. The Labute approximate surface area is 331 Å². The second-order valence-corrected chi connectivity index (χ2v) is 15.1. The largest absolute Gasteiger partial charge is 0.455 e. The van der Waals surface area contributed by atoms with Crippen LogP contribution in [-0.4, -0.2) is 19.5 Å². The van der Waals surface area contributed by atoms with Crippen LogP contribution in [0.5, 0.6) is 0 Å². The number of benzene rings is 10. The van der Waals surface area contributed by atoms with Crippen LogP contribution in [0.15, 0.2) is 186 Å². The minimum atomic E-state index is 0.556. The lowest BCUT2D eigenvalue weighted by Gasteiger charge is -2.13. The first kappa shape index (κ1) is 31.3. The van der Waals surface area contributed by atoms with E-state index in [1.807, 2.05) is 12.1 Å². The molecule has 0 aliphatic carbocycles. The number of rotatable bonds is 3. The highest BCUT2D eigenvalue weighted by Gasteiger charge is 2.23. The molecule has 0 spiro atoms. The molecule has 5 heteroatoms. The molecule has 3 aromatic heterocycles. The molecule has 0 saturated carbocycles. The van der Waals surface area contributed by atoms with Crippen molar-refractivity contribution in [2.45, 2.75) is 0 Å². The summed E-state index contributed by atoms with van der Waals surface area (Å²) < 4.78 is 8.91. The van der Waals surface area contributed by atoms with Gasteiger partial charge in [0.1, 0.15) is 11.2 Å². The molecule has 0 radical (unpaired) electrons. The summed E-state index contributed by atoms with van der Waals surface area (Å²) in [6.07, 6.45) is 0. The number of hydrogen-bond acceptors (Lipinski definition) is 4. The first-order valence-corrected chi connectivity index (χ1v) is 19.6. The SMILES string of the molecule is c1ccc2c(c1)ccc1cc(-c3nc(-c4cccc5oc6c7ccccc7ccc6c45)nc(-n4c5ccc6ccccc6c5c5ccc6ccccc6c54)n3)ccc12. The summed E-state index contributed by atoms with van der Waals surface area (Å²) in [5.74, 6) is 1.73. The first-order chi connectivity index (χ1) is 28.7. The average Bonchev–Trinajstić information content (AvgIpc) is 3.86. The summed E-state index contributed by atoms with van der Waals surface area (Å²) in [6.45, 7) is 0. The second kappa shape index (κ2) is 11.8. The van der Waals surface area contributed by atoms with Crippen molar-refractivity contribution < 1.29 is 4.42 Å². The van der Waals surface area contributed by atoms with Gasteiger partial charge in [-0.15, -0.1) is 0 Å². The van der Waals surface area contributed by atoms with Crippen LogP contribution in [-0.2, 0) is 0 Å². The lowest BCUT2D eigenvalue weighted by Crippen LogP contribution is -2.06. The molecule has 58 heavy (non-hydrogen) atoms. The van der Waals surface area contributed by atoms with Crippen molar-refractivity contribution in [3.63, 3.8) is 0 Å². The van der Waals surface area contributed by atoms with Crippen LogP contribution < -0.4 is 0 Å². The Hall–Kier alpha value is -7.89. The van der Waals surface area contributed by atoms with E-state index in [0.717, 1.165) is 76.4 Å². The molecule has 0 aliphatic rings. The Bertz CT molecular complexity index is 3880. The fraction of sp³-hybridized carbons (Fsp3) is 0. The number of nitrogens with zero attached hydrogens (tertiary/aromatic N) is 4. The van der Waals surface area contributed by atoms with E-state index in [2.05, 4.69) is 174 Å². The zero-order chi connectivity index (χ0) is 37.9. The van der Waals surface area contributed by atoms with E-state index in [1.54, 1.807) is 0 Å². The quantitative estimate of drug-likeness (QED) is 0.169. The Morgan fingerprint density at radius 3 is 1.79 bits per heavy atom. The molecule has 5 nitrogen and oxygen atoms in total. The zero-order valence-corrected chi connectivity index (χ0v) is 31.0. The van der Waals surface area contributed by atoms with E-state index in [0.29, 0.717) is 17.6 Å². The molecule has 0 atom stereocenters. The van der Waals surface area contributed by atoms with Gasteiger partial charge in [-0.05, 0) is 67.4 Å². The van der Waals surface area contributed by atoms with Gasteiger partial charge in [0.05, 0.1) is 11.0 Å². The van der Waals surface area contributed by atoms with E-state index in [-0.39, 0.29) is 0 Å². The molecule has 0 saturated heterocycles. The van der Waals surface area contributed by atoms with Crippen LogP contribution in [0.3, 0.4) is 0 Å². The molecule has 3 heterocycles. The Balaban J connectivity index is 1.15. The van der Waals surface area contributed by atoms with Crippen molar-refractivity contribution in [1.29, 1.82) is 0 Å². The summed E-state index contributed by atoms with van der Waals surface area (Å²) >= 11 is 0. The highest BCUT2D eigenvalue weighted by Crippen LogP contribution is 2.42. The lowest BCUT2D eigenvalue weighted by molar-refractivity contribution is 0.672. The number of aromatic nitrogens is 4. The summed E-state index contributed by atoms with van der Waals surface area (Å²) in [5.41, 5.74) is 5.56. The molecule has 268 valence electrons. The number of furan rings is 1. The molecule has 0 aliphatic heterocycles. The van der Waals surface area contributed by atoms with Gasteiger partial charge >= 0.3 is 0 Å². The van der Waals surface area contributed by atoms with Gasteiger partial charge in [0.2, 0.25) is 5.95 Å². The lowest BCUT2D eigenvalue weighted by atomic mass is 10.00. The molecule has 0 bridgehead atoms. The Kier molecular flexibility index (Phi) is 6.38. The van der Waals surface area contributed by atoms with Crippen molar-refractivity contribution in [2.75, 3.05) is 0 Å². The standard InChI is InChI=1S/C53H30N4O/c1-5-14-37-31(10-1)20-21-35-30-36(24-26-38(35)37)51-54-52(44-18-9-19-46-48(44)43-28-23-34-13-4-8-17-41(34)50(43)58-46)56-53(55-51)57-45-29-25-32-11-2-6-15-39(32)47(45)42-27-22-33-12-3-7-16-40(33)49(42)57/h1-30H. The fourth-order valence-corrected chi connectivity index (χ4v) is 9.36. The highest BCUT2D eigenvalue weighted by atomic mass is 16.3. The zero-order valence-electron chi connectivity index (χ0n) is 31.0. The summed E-state index contributed by atoms with van der Waals surface area (Å²) in [5, 5.41) is 16.0. The van der Waals surface area contributed by atoms with E-state index < -0.39 is 0 Å². The van der Waals surface area contributed by atoms with Crippen LogP contribution in [0, 0.1) is 0 Å². The van der Waals surface area contributed by atoms with Crippen molar-refractivity contribution in [2.24, 2.45) is 0 Å². The van der Waals surface area contributed by atoms with Crippen LogP contribution in [0.2, 0.25) is 0 Å². The van der Waals surface area contributed by atoms with E-state index in [4.69, 9.17) is 19.4 Å². The van der Waals surface area contributed by atoms with E-state index in [1.165, 1.54) is 32.3 Å². The highest BCUT2D eigenvalue weighted by molar-refractivity contribution is 6.26. The predicted molar refractivity (Wildman–Crippen MR) is 240 cm³/mol. The van der Waals surface area contributed by atoms with Crippen LogP contribution in [0.1, 0.15) is 0 Å².